The second kappa shape index (κ2) is 3.67. The van der Waals surface area contributed by atoms with Gasteiger partial charge in [0.1, 0.15) is 0 Å². The molecule has 2 heterocycles. The summed E-state index contributed by atoms with van der Waals surface area (Å²) in [6.07, 6.45) is 4.42. The number of aromatic nitrogens is 2. The number of imidazole rings is 1. The Bertz CT molecular complexity index is 403. The first-order valence-electron chi connectivity index (χ1n) is 4.57. The zero-order valence-corrected chi connectivity index (χ0v) is 8.10. The van der Waals surface area contributed by atoms with Crippen LogP contribution in [0.25, 0.3) is 11.6 Å². The maximum Gasteiger partial charge on any atom is 0.176 e. The van der Waals surface area contributed by atoms with Crippen molar-refractivity contribution in [2.45, 2.75) is 6.42 Å². The summed E-state index contributed by atoms with van der Waals surface area (Å²) in [7, 11) is 1.95. The number of aryl methyl sites for hydroxylation is 1. The topological polar surface area (TPSA) is 57.0 Å². The minimum Gasteiger partial charge on any atom is -0.461 e. The summed E-state index contributed by atoms with van der Waals surface area (Å²) in [4.78, 5) is 4.43. The number of nitrogens with two attached hydrogens (primary N) is 1. The molecule has 0 fully saturated rings. The van der Waals surface area contributed by atoms with E-state index in [2.05, 4.69) is 4.98 Å². The van der Waals surface area contributed by atoms with Crippen molar-refractivity contribution in [2.24, 2.45) is 12.8 Å². The van der Waals surface area contributed by atoms with Crippen molar-refractivity contribution < 1.29 is 4.42 Å². The number of nitrogens with zero attached hydrogens (tertiary/aromatic N) is 2. The van der Waals surface area contributed by atoms with Crippen molar-refractivity contribution in [3.8, 4) is 11.6 Å². The van der Waals surface area contributed by atoms with Gasteiger partial charge < -0.3 is 14.7 Å². The molecule has 0 saturated heterocycles. The molecule has 2 N–H and O–H groups in total. The molecule has 14 heavy (non-hydrogen) atoms. The van der Waals surface area contributed by atoms with Crippen LogP contribution in [0.1, 0.15) is 5.69 Å². The van der Waals surface area contributed by atoms with Gasteiger partial charge in [0.25, 0.3) is 0 Å². The number of rotatable bonds is 3. The van der Waals surface area contributed by atoms with E-state index in [1.807, 2.05) is 29.9 Å². The predicted octanol–water partition coefficient (Wildman–Crippen LogP) is 1.18. The van der Waals surface area contributed by atoms with Gasteiger partial charge in [0.2, 0.25) is 0 Å². The van der Waals surface area contributed by atoms with Crippen LogP contribution in [0, 0.1) is 0 Å². The van der Waals surface area contributed by atoms with Crippen LogP contribution in [0.4, 0.5) is 0 Å². The van der Waals surface area contributed by atoms with Gasteiger partial charge in [-0.05, 0) is 18.7 Å². The molecule has 0 aliphatic carbocycles. The van der Waals surface area contributed by atoms with Gasteiger partial charge in [-0.25, -0.2) is 4.98 Å². The van der Waals surface area contributed by atoms with Crippen LogP contribution >= 0.6 is 0 Å². The van der Waals surface area contributed by atoms with Crippen molar-refractivity contribution in [3.05, 3.63) is 30.3 Å². The molecule has 0 bridgehead atoms. The minimum absolute atomic E-state index is 0.620. The van der Waals surface area contributed by atoms with Gasteiger partial charge in [-0.2, -0.15) is 0 Å². The highest BCUT2D eigenvalue weighted by atomic mass is 16.3. The summed E-state index contributed by atoms with van der Waals surface area (Å²) in [5, 5.41) is 0. The molecular weight excluding hydrogens is 178 g/mol. The third kappa shape index (κ3) is 1.56. The van der Waals surface area contributed by atoms with E-state index in [-0.39, 0.29) is 0 Å². The average Bonchev–Trinajstić information content (AvgIpc) is 2.74. The Kier molecular flexibility index (Phi) is 2.37. The van der Waals surface area contributed by atoms with Crippen LogP contribution in [-0.2, 0) is 13.5 Å². The van der Waals surface area contributed by atoms with Crippen LogP contribution in [0.3, 0.4) is 0 Å². The van der Waals surface area contributed by atoms with E-state index in [9.17, 15) is 0 Å². The SMILES string of the molecule is Cn1cc(CCN)nc1-c1ccco1. The van der Waals surface area contributed by atoms with Gasteiger partial charge in [-0.3, -0.25) is 0 Å². The number of hydrogen-bond donors (Lipinski definition) is 1. The fourth-order valence-corrected chi connectivity index (χ4v) is 1.43. The molecule has 2 aromatic rings. The normalized spacial score (nSPS) is 10.7. The van der Waals surface area contributed by atoms with E-state index in [4.69, 9.17) is 10.2 Å². The van der Waals surface area contributed by atoms with Crippen molar-refractivity contribution in [1.29, 1.82) is 0 Å². The molecule has 0 aliphatic heterocycles. The Morgan fingerprint density at radius 1 is 1.57 bits per heavy atom. The largest absolute Gasteiger partial charge is 0.461 e. The van der Waals surface area contributed by atoms with Gasteiger partial charge in [0, 0.05) is 19.7 Å². The van der Waals surface area contributed by atoms with E-state index in [1.54, 1.807) is 6.26 Å². The second-order valence-electron chi connectivity index (χ2n) is 3.18. The van der Waals surface area contributed by atoms with E-state index in [1.165, 1.54) is 0 Å². The molecule has 2 rings (SSSR count). The number of furan rings is 1. The zero-order valence-electron chi connectivity index (χ0n) is 8.10. The lowest BCUT2D eigenvalue weighted by atomic mass is 10.3. The predicted molar refractivity (Wildman–Crippen MR) is 53.7 cm³/mol. The first-order valence-corrected chi connectivity index (χ1v) is 4.57. The van der Waals surface area contributed by atoms with Crippen molar-refractivity contribution in [2.75, 3.05) is 6.54 Å². The summed E-state index contributed by atoms with van der Waals surface area (Å²) in [6.45, 7) is 0.620. The first-order chi connectivity index (χ1) is 6.81. The molecule has 0 aliphatic rings. The third-order valence-corrected chi connectivity index (χ3v) is 2.07. The lowest BCUT2D eigenvalue weighted by Crippen LogP contribution is -2.02. The molecule has 74 valence electrons. The van der Waals surface area contributed by atoms with E-state index in [0.717, 1.165) is 23.7 Å². The third-order valence-electron chi connectivity index (χ3n) is 2.07. The zero-order chi connectivity index (χ0) is 9.97. The highest BCUT2D eigenvalue weighted by molar-refractivity contribution is 5.47. The molecule has 0 radical (unpaired) electrons. The Morgan fingerprint density at radius 3 is 3.07 bits per heavy atom. The summed E-state index contributed by atoms with van der Waals surface area (Å²) >= 11 is 0. The Hall–Kier alpha value is -1.55. The maximum absolute atomic E-state index is 5.47. The molecule has 0 aromatic carbocycles. The molecule has 0 atom stereocenters. The molecule has 0 saturated carbocycles. The van der Waals surface area contributed by atoms with Crippen LogP contribution in [0.5, 0.6) is 0 Å². The summed E-state index contributed by atoms with van der Waals surface area (Å²) in [5.74, 6) is 1.63. The Morgan fingerprint density at radius 2 is 2.43 bits per heavy atom. The average molecular weight is 191 g/mol. The van der Waals surface area contributed by atoms with Gasteiger partial charge in [0.15, 0.2) is 11.6 Å². The summed E-state index contributed by atoms with van der Waals surface area (Å²) in [5.41, 5.74) is 6.47. The molecule has 0 amide bonds. The lowest BCUT2D eigenvalue weighted by molar-refractivity contribution is 0.574. The summed E-state index contributed by atoms with van der Waals surface area (Å²) in [6, 6.07) is 3.75. The van der Waals surface area contributed by atoms with Crippen molar-refractivity contribution >= 4 is 0 Å². The van der Waals surface area contributed by atoms with Crippen LogP contribution in [0.2, 0.25) is 0 Å². The molecule has 2 aromatic heterocycles. The van der Waals surface area contributed by atoms with E-state index >= 15 is 0 Å². The van der Waals surface area contributed by atoms with Gasteiger partial charge in [-0.15, -0.1) is 0 Å². The number of hydrogen-bond acceptors (Lipinski definition) is 3. The molecular formula is C10H13N3O. The quantitative estimate of drug-likeness (QED) is 0.792. The first kappa shape index (κ1) is 9.02. The standard InChI is InChI=1S/C10H13N3O/c1-13-7-8(4-5-11)12-10(13)9-3-2-6-14-9/h2-3,6-7H,4-5,11H2,1H3. The van der Waals surface area contributed by atoms with Crippen molar-refractivity contribution in [1.82, 2.24) is 9.55 Å². The molecule has 0 spiro atoms. The monoisotopic (exact) mass is 191 g/mol. The second-order valence-corrected chi connectivity index (χ2v) is 3.18. The fraction of sp³-hybridized carbons (Fsp3) is 0.300. The smallest absolute Gasteiger partial charge is 0.176 e. The van der Waals surface area contributed by atoms with Gasteiger partial charge in [0.05, 0.1) is 12.0 Å². The maximum atomic E-state index is 5.47. The van der Waals surface area contributed by atoms with E-state index in [0.29, 0.717) is 6.54 Å². The van der Waals surface area contributed by atoms with Gasteiger partial charge >= 0.3 is 0 Å². The molecule has 4 nitrogen and oxygen atoms in total. The Labute approximate surface area is 82.4 Å². The van der Waals surface area contributed by atoms with Gasteiger partial charge in [-0.1, -0.05) is 0 Å². The molecule has 4 heteroatoms. The van der Waals surface area contributed by atoms with Crippen LogP contribution in [-0.4, -0.2) is 16.1 Å². The van der Waals surface area contributed by atoms with Crippen LogP contribution in [0.15, 0.2) is 29.0 Å². The minimum atomic E-state index is 0.620. The highest BCUT2D eigenvalue weighted by Gasteiger charge is 2.08. The van der Waals surface area contributed by atoms with E-state index < -0.39 is 0 Å². The van der Waals surface area contributed by atoms with Crippen molar-refractivity contribution in [3.63, 3.8) is 0 Å². The van der Waals surface area contributed by atoms with Crippen LogP contribution < -0.4 is 5.73 Å². The fourth-order valence-electron chi connectivity index (χ4n) is 1.43. The Balaban J connectivity index is 2.35. The summed E-state index contributed by atoms with van der Waals surface area (Å²) < 4.78 is 7.23. The highest BCUT2D eigenvalue weighted by Crippen LogP contribution is 2.18. The molecule has 0 unspecified atom stereocenters. The lowest BCUT2D eigenvalue weighted by Gasteiger charge is -1.94.